The molecule has 15 heavy (non-hydrogen) atoms. The van der Waals surface area contributed by atoms with Crippen LogP contribution >= 0.6 is 0 Å². The minimum absolute atomic E-state index is 0.798. The van der Waals surface area contributed by atoms with Crippen molar-refractivity contribution < 1.29 is 0 Å². The maximum absolute atomic E-state index is 2.46. The van der Waals surface area contributed by atoms with Crippen molar-refractivity contribution in [1.29, 1.82) is 0 Å². The minimum atomic E-state index is -0.798. The van der Waals surface area contributed by atoms with Crippen LogP contribution in [0.3, 0.4) is 0 Å². The topological polar surface area (TPSA) is 0 Å². The van der Waals surface area contributed by atoms with Crippen molar-refractivity contribution in [2.75, 3.05) is 0 Å². The van der Waals surface area contributed by atoms with Crippen LogP contribution in [-0.4, -0.2) is 14.7 Å². The van der Waals surface area contributed by atoms with Crippen molar-refractivity contribution in [3.8, 4) is 11.1 Å². The molecule has 0 saturated carbocycles. The predicted octanol–water partition coefficient (Wildman–Crippen LogP) is 2.78. The van der Waals surface area contributed by atoms with E-state index in [0.29, 0.717) is 0 Å². The van der Waals surface area contributed by atoms with Gasteiger partial charge in [0.1, 0.15) is 0 Å². The molecule has 0 aliphatic carbocycles. The summed E-state index contributed by atoms with van der Waals surface area (Å²) in [4.78, 5) is 0. The Morgan fingerprint density at radius 2 is 1.53 bits per heavy atom. The standard InChI is InChI=1S/C14H13As/c1-15-10-11-6-2-3-7-12(11)13-8-4-5-9-14(13)15/h2-9H,10H2,1H3. The molecule has 0 fully saturated rings. The van der Waals surface area contributed by atoms with Crippen molar-refractivity contribution in [2.45, 2.75) is 10.9 Å². The zero-order valence-corrected chi connectivity index (χ0v) is 10.6. The number of benzene rings is 2. The SMILES string of the molecule is C[As]1Cc2ccccc2-c2ccccc21. The van der Waals surface area contributed by atoms with E-state index in [4.69, 9.17) is 0 Å². The Bertz CT molecular complexity index is 502. The Morgan fingerprint density at radius 1 is 0.867 bits per heavy atom. The Hall–Kier alpha value is -1.00. The second-order valence-electron chi connectivity index (χ2n) is 4.03. The molecule has 0 aromatic heterocycles. The average molecular weight is 256 g/mol. The summed E-state index contributed by atoms with van der Waals surface area (Å²) in [6.07, 6.45) is 0. The van der Waals surface area contributed by atoms with Gasteiger partial charge in [0, 0.05) is 0 Å². The van der Waals surface area contributed by atoms with Crippen LogP contribution in [0.5, 0.6) is 0 Å². The monoisotopic (exact) mass is 256 g/mol. The summed E-state index contributed by atoms with van der Waals surface area (Å²) in [6.45, 7) is 0. The van der Waals surface area contributed by atoms with E-state index >= 15 is 0 Å². The quantitative estimate of drug-likeness (QED) is 0.636. The molecule has 74 valence electrons. The van der Waals surface area contributed by atoms with Crippen LogP contribution in [0.25, 0.3) is 11.1 Å². The normalized spacial score (nSPS) is 18.1. The van der Waals surface area contributed by atoms with Crippen molar-refractivity contribution in [3.63, 3.8) is 0 Å². The fraction of sp³-hybridized carbons (Fsp3) is 0.143. The molecule has 0 N–H and O–H groups in total. The molecule has 0 bridgehead atoms. The Morgan fingerprint density at radius 3 is 2.40 bits per heavy atom. The first kappa shape index (κ1) is 9.24. The van der Waals surface area contributed by atoms with E-state index in [1.807, 2.05) is 0 Å². The van der Waals surface area contributed by atoms with E-state index in [-0.39, 0.29) is 0 Å². The molecule has 0 nitrogen and oxygen atoms in total. The zero-order valence-electron chi connectivity index (χ0n) is 8.77. The van der Waals surface area contributed by atoms with E-state index in [1.165, 1.54) is 16.3 Å². The second-order valence-corrected chi connectivity index (χ2v) is 8.63. The first-order valence-electron chi connectivity index (χ1n) is 5.25. The molecule has 1 aliphatic heterocycles. The molecular weight excluding hydrogens is 243 g/mol. The van der Waals surface area contributed by atoms with Crippen molar-refractivity contribution >= 4 is 19.0 Å². The van der Waals surface area contributed by atoms with Gasteiger partial charge in [-0.05, 0) is 0 Å². The molecule has 2 aromatic rings. The van der Waals surface area contributed by atoms with Gasteiger partial charge in [0.05, 0.1) is 0 Å². The first-order valence-corrected chi connectivity index (χ1v) is 9.39. The Balaban J connectivity index is 2.30. The van der Waals surface area contributed by atoms with Gasteiger partial charge in [0.15, 0.2) is 0 Å². The summed E-state index contributed by atoms with van der Waals surface area (Å²) in [5.74, 6) is 0. The van der Waals surface area contributed by atoms with Gasteiger partial charge >= 0.3 is 95.1 Å². The van der Waals surface area contributed by atoms with Crippen LogP contribution in [0, 0.1) is 0 Å². The molecule has 0 radical (unpaired) electrons. The van der Waals surface area contributed by atoms with Crippen molar-refractivity contribution in [3.05, 3.63) is 54.1 Å². The third-order valence-corrected chi connectivity index (χ3v) is 7.28. The third-order valence-electron chi connectivity index (χ3n) is 3.03. The first-order chi connectivity index (χ1) is 7.36. The summed E-state index contributed by atoms with van der Waals surface area (Å²) in [7, 11) is 0. The Labute approximate surface area is 95.2 Å². The van der Waals surface area contributed by atoms with Gasteiger partial charge in [-0.25, -0.2) is 0 Å². The molecule has 2 aromatic carbocycles. The Kier molecular flexibility index (Phi) is 2.18. The van der Waals surface area contributed by atoms with Gasteiger partial charge in [-0.1, -0.05) is 0 Å². The predicted molar refractivity (Wildman–Crippen MR) is 66.8 cm³/mol. The molecule has 1 heterocycles. The van der Waals surface area contributed by atoms with Crippen LogP contribution < -0.4 is 4.35 Å². The summed E-state index contributed by atoms with van der Waals surface area (Å²) in [5.41, 5.74) is 6.96. The van der Waals surface area contributed by atoms with Gasteiger partial charge in [0.2, 0.25) is 0 Å². The average Bonchev–Trinajstić information content (AvgIpc) is 2.30. The summed E-state index contributed by atoms with van der Waals surface area (Å²) >= 11 is -0.798. The summed E-state index contributed by atoms with van der Waals surface area (Å²) in [5, 5.41) is 1.32. The molecule has 1 heteroatoms. The molecule has 1 atom stereocenters. The van der Waals surface area contributed by atoms with Gasteiger partial charge in [-0.15, -0.1) is 0 Å². The number of hydrogen-bond acceptors (Lipinski definition) is 0. The van der Waals surface area contributed by atoms with E-state index in [2.05, 4.69) is 54.2 Å². The zero-order chi connectivity index (χ0) is 10.3. The molecule has 3 rings (SSSR count). The van der Waals surface area contributed by atoms with Gasteiger partial charge < -0.3 is 0 Å². The summed E-state index contributed by atoms with van der Waals surface area (Å²) < 4.78 is 1.64. The number of rotatable bonds is 0. The molecule has 0 saturated heterocycles. The molecular formula is C14H13As. The van der Waals surface area contributed by atoms with Crippen LogP contribution in [0.2, 0.25) is 5.71 Å². The summed E-state index contributed by atoms with van der Waals surface area (Å²) in [6, 6.07) is 17.8. The number of fused-ring (bicyclic) bond motifs is 3. The van der Waals surface area contributed by atoms with Crippen LogP contribution in [0.15, 0.2) is 48.5 Å². The van der Waals surface area contributed by atoms with E-state index in [9.17, 15) is 0 Å². The number of hydrogen-bond donors (Lipinski definition) is 0. The van der Waals surface area contributed by atoms with Gasteiger partial charge in [-0.3, -0.25) is 0 Å². The van der Waals surface area contributed by atoms with Gasteiger partial charge in [0.25, 0.3) is 0 Å². The van der Waals surface area contributed by atoms with Crippen LogP contribution in [0.4, 0.5) is 0 Å². The van der Waals surface area contributed by atoms with Gasteiger partial charge in [-0.2, -0.15) is 0 Å². The molecule has 0 spiro atoms. The fourth-order valence-electron chi connectivity index (χ4n) is 2.30. The van der Waals surface area contributed by atoms with Crippen molar-refractivity contribution in [1.82, 2.24) is 0 Å². The van der Waals surface area contributed by atoms with E-state index in [0.717, 1.165) is 0 Å². The van der Waals surface area contributed by atoms with Crippen LogP contribution in [0.1, 0.15) is 5.56 Å². The van der Waals surface area contributed by atoms with E-state index < -0.39 is 14.7 Å². The fourth-order valence-corrected chi connectivity index (χ4v) is 6.29. The molecule has 1 unspecified atom stereocenters. The van der Waals surface area contributed by atoms with Crippen LogP contribution in [-0.2, 0) is 5.21 Å². The third kappa shape index (κ3) is 1.44. The van der Waals surface area contributed by atoms with Crippen molar-refractivity contribution in [2.24, 2.45) is 0 Å². The van der Waals surface area contributed by atoms with E-state index in [1.54, 1.807) is 9.91 Å². The second kappa shape index (κ2) is 3.54. The maximum atomic E-state index is 2.46. The molecule has 0 amide bonds. The molecule has 1 aliphatic rings.